The molecular formula is C20H22OS. The van der Waals surface area contributed by atoms with Gasteiger partial charge in [-0.2, -0.15) is 0 Å². The molecule has 0 spiro atoms. The van der Waals surface area contributed by atoms with E-state index in [-0.39, 0.29) is 0 Å². The highest BCUT2D eigenvalue weighted by Crippen LogP contribution is 2.37. The molecule has 1 aromatic carbocycles. The minimum Gasteiger partial charge on any atom is -0.457 e. The van der Waals surface area contributed by atoms with Crippen LogP contribution in [0.3, 0.4) is 0 Å². The summed E-state index contributed by atoms with van der Waals surface area (Å²) in [5, 5.41) is 0. The summed E-state index contributed by atoms with van der Waals surface area (Å²) in [6.07, 6.45) is 7.50. The first kappa shape index (κ1) is 16.3. The predicted molar refractivity (Wildman–Crippen MR) is 97.6 cm³/mol. The van der Waals surface area contributed by atoms with Gasteiger partial charge in [-0.05, 0) is 49.3 Å². The van der Waals surface area contributed by atoms with Gasteiger partial charge in [0.1, 0.15) is 11.5 Å². The fraction of sp³-hybridized carbons (Fsp3) is 0.200. The van der Waals surface area contributed by atoms with Crippen molar-refractivity contribution >= 4 is 11.3 Å². The summed E-state index contributed by atoms with van der Waals surface area (Å²) in [4.78, 5) is 2.62. The molecule has 0 amide bonds. The highest BCUT2D eigenvalue weighted by Gasteiger charge is 2.11. The SMILES string of the molecule is C=C/C=C(\C=C/C)Oc1ccccc1-c1ccc(C(C)C)s1. The Morgan fingerprint density at radius 2 is 1.95 bits per heavy atom. The Kier molecular flexibility index (Phi) is 5.79. The molecule has 0 N–H and O–H groups in total. The molecule has 0 radical (unpaired) electrons. The number of benzene rings is 1. The zero-order valence-corrected chi connectivity index (χ0v) is 14.2. The van der Waals surface area contributed by atoms with Gasteiger partial charge in [0.05, 0.1) is 0 Å². The molecule has 0 saturated heterocycles. The van der Waals surface area contributed by atoms with E-state index in [0.717, 1.165) is 17.1 Å². The van der Waals surface area contributed by atoms with E-state index in [1.54, 1.807) is 6.08 Å². The molecule has 0 bridgehead atoms. The fourth-order valence-corrected chi connectivity index (χ4v) is 3.14. The zero-order chi connectivity index (χ0) is 15.9. The van der Waals surface area contributed by atoms with Crippen LogP contribution in [-0.4, -0.2) is 0 Å². The van der Waals surface area contributed by atoms with E-state index in [0.29, 0.717) is 5.92 Å². The van der Waals surface area contributed by atoms with Crippen molar-refractivity contribution in [2.24, 2.45) is 0 Å². The number of para-hydroxylation sites is 1. The maximum absolute atomic E-state index is 6.06. The average molecular weight is 310 g/mol. The third kappa shape index (κ3) is 3.99. The minimum atomic E-state index is 0.547. The zero-order valence-electron chi connectivity index (χ0n) is 13.4. The number of hydrogen-bond donors (Lipinski definition) is 0. The van der Waals surface area contributed by atoms with E-state index in [1.807, 2.05) is 54.7 Å². The molecule has 0 atom stereocenters. The fourth-order valence-electron chi connectivity index (χ4n) is 2.10. The first-order valence-corrected chi connectivity index (χ1v) is 8.29. The van der Waals surface area contributed by atoms with Crippen LogP contribution in [0.2, 0.25) is 0 Å². The van der Waals surface area contributed by atoms with E-state index in [2.05, 4.69) is 38.6 Å². The Balaban J connectivity index is 2.37. The maximum atomic E-state index is 6.06. The van der Waals surface area contributed by atoms with Crippen molar-refractivity contribution in [3.63, 3.8) is 0 Å². The van der Waals surface area contributed by atoms with Gasteiger partial charge in [-0.3, -0.25) is 0 Å². The van der Waals surface area contributed by atoms with Crippen molar-refractivity contribution in [3.8, 4) is 16.2 Å². The summed E-state index contributed by atoms with van der Waals surface area (Å²) >= 11 is 1.82. The van der Waals surface area contributed by atoms with Crippen LogP contribution < -0.4 is 4.74 Å². The normalized spacial score (nSPS) is 12.1. The first-order valence-electron chi connectivity index (χ1n) is 7.48. The lowest BCUT2D eigenvalue weighted by atomic mass is 10.1. The molecule has 1 heterocycles. The van der Waals surface area contributed by atoms with E-state index < -0.39 is 0 Å². The summed E-state index contributed by atoms with van der Waals surface area (Å²) in [5.41, 5.74) is 1.12. The lowest BCUT2D eigenvalue weighted by molar-refractivity contribution is 0.446. The molecule has 1 aromatic heterocycles. The summed E-state index contributed by atoms with van der Waals surface area (Å²) < 4.78 is 6.06. The number of allylic oxidation sites excluding steroid dienone is 4. The van der Waals surface area contributed by atoms with Crippen molar-refractivity contribution in [2.75, 3.05) is 0 Å². The highest BCUT2D eigenvalue weighted by molar-refractivity contribution is 7.15. The van der Waals surface area contributed by atoms with Crippen molar-refractivity contribution in [1.82, 2.24) is 0 Å². The Labute approximate surface area is 137 Å². The van der Waals surface area contributed by atoms with Gasteiger partial charge >= 0.3 is 0 Å². The quantitative estimate of drug-likeness (QED) is 0.433. The second kappa shape index (κ2) is 7.81. The number of rotatable bonds is 6. The van der Waals surface area contributed by atoms with E-state index in [4.69, 9.17) is 4.74 Å². The van der Waals surface area contributed by atoms with Gasteiger partial charge in [0.15, 0.2) is 0 Å². The molecular weight excluding hydrogens is 288 g/mol. The molecule has 22 heavy (non-hydrogen) atoms. The van der Waals surface area contributed by atoms with Gasteiger partial charge in [-0.25, -0.2) is 0 Å². The monoisotopic (exact) mass is 310 g/mol. The smallest absolute Gasteiger partial charge is 0.136 e. The van der Waals surface area contributed by atoms with Crippen molar-refractivity contribution < 1.29 is 4.74 Å². The van der Waals surface area contributed by atoms with Gasteiger partial charge in [-0.15, -0.1) is 11.3 Å². The molecule has 0 aliphatic heterocycles. The van der Waals surface area contributed by atoms with Crippen LogP contribution >= 0.6 is 11.3 Å². The molecule has 0 unspecified atom stereocenters. The first-order chi connectivity index (χ1) is 10.7. The summed E-state index contributed by atoms with van der Waals surface area (Å²) in [6.45, 7) is 10.1. The molecule has 2 rings (SSSR count). The van der Waals surface area contributed by atoms with Gasteiger partial charge in [0.25, 0.3) is 0 Å². The molecule has 0 aliphatic carbocycles. The van der Waals surface area contributed by atoms with E-state index in [9.17, 15) is 0 Å². The van der Waals surface area contributed by atoms with Crippen LogP contribution in [-0.2, 0) is 0 Å². The summed E-state index contributed by atoms with van der Waals surface area (Å²) in [5.74, 6) is 2.20. The molecule has 0 saturated carbocycles. The number of thiophene rings is 1. The molecule has 114 valence electrons. The predicted octanol–water partition coefficient (Wildman–Crippen LogP) is 6.56. The average Bonchev–Trinajstić information content (AvgIpc) is 2.98. The second-order valence-corrected chi connectivity index (χ2v) is 6.38. The summed E-state index contributed by atoms with van der Waals surface area (Å²) in [7, 11) is 0. The van der Waals surface area contributed by atoms with Crippen LogP contribution in [0.1, 0.15) is 31.6 Å². The minimum absolute atomic E-state index is 0.547. The maximum Gasteiger partial charge on any atom is 0.136 e. The Hall–Kier alpha value is -2.06. The van der Waals surface area contributed by atoms with Crippen LogP contribution in [0.25, 0.3) is 10.4 Å². The Bertz CT molecular complexity index is 689. The van der Waals surface area contributed by atoms with Crippen molar-refractivity contribution in [1.29, 1.82) is 0 Å². The third-order valence-corrected chi connectivity index (χ3v) is 4.61. The van der Waals surface area contributed by atoms with Crippen LogP contribution in [0.15, 0.2) is 73.0 Å². The topological polar surface area (TPSA) is 9.23 Å². The Morgan fingerprint density at radius 1 is 1.18 bits per heavy atom. The van der Waals surface area contributed by atoms with Gasteiger partial charge in [-0.1, -0.05) is 44.7 Å². The highest BCUT2D eigenvalue weighted by atomic mass is 32.1. The van der Waals surface area contributed by atoms with Crippen molar-refractivity contribution in [3.05, 3.63) is 77.9 Å². The van der Waals surface area contributed by atoms with E-state index >= 15 is 0 Å². The van der Waals surface area contributed by atoms with Crippen LogP contribution in [0.5, 0.6) is 5.75 Å². The molecule has 2 heteroatoms. The lowest BCUT2D eigenvalue weighted by Crippen LogP contribution is -1.93. The number of ether oxygens (including phenoxy) is 1. The number of hydrogen-bond acceptors (Lipinski definition) is 2. The largest absolute Gasteiger partial charge is 0.457 e. The van der Waals surface area contributed by atoms with Crippen LogP contribution in [0.4, 0.5) is 0 Å². The van der Waals surface area contributed by atoms with Gasteiger partial charge < -0.3 is 4.74 Å². The standard InChI is InChI=1S/C20H22OS/c1-5-9-16(10-6-2)21-18-12-8-7-11-17(18)20-14-13-19(22-20)15(3)4/h5-15H,1H2,2-4H3/b10-6-,16-9+. The molecule has 0 aliphatic rings. The summed E-state index contributed by atoms with van der Waals surface area (Å²) in [6, 6.07) is 12.5. The van der Waals surface area contributed by atoms with Crippen molar-refractivity contribution in [2.45, 2.75) is 26.7 Å². The van der Waals surface area contributed by atoms with Gasteiger partial charge in [0, 0.05) is 15.3 Å². The molecule has 2 aromatic rings. The molecule has 0 fully saturated rings. The van der Waals surface area contributed by atoms with Gasteiger partial charge in [0.2, 0.25) is 0 Å². The lowest BCUT2D eigenvalue weighted by Gasteiger charge is -2.10. The molecule has 1 nitrogen and oxygen atoms in total. The van der Waals surface area contributed by atoms with Crippen LogP contribution in [0, 0.1) is 0 Å². The second-order valence-electron chi connectivity index (χ2n) is 5.26. The Morgan fingerprint density at radius 3 is 2.59 bits per heavy atom. The third-order valence-electron chi connectivity index (χ3n) is 3.19. The van der Waals surface area contributed by atoms with E-state index in [1.165, 1.54) is 9.75 Å².